The van der Waals surface area contributed by atoms with Gasteiger partial charge in [0.25, 0.3) is 0 Å². The molecule has 1 saturated heterocycles. The second-order valence-electron chi connectivity index (χ2n) is 4.69. The average molecular weight is 269 g/mol. The van der Waals surface area contributed by atoms with Crippen molar-refractivity contribution in [1.82, 2.24) is 4.90 Å². The van der Waals surface area contributed by atoms with Crippen molar-refractivity contribution in [3.05, 3.63) is 27.1 Å². The average Bonchev–Trinajstić information content (AvgIpc) is 2.81. The summed E-state index contributed by atoms with van der Waals surface area (Å²) in [5, 5.41) is 10.9. The molecule has 2 heterocycles. The molecule has 6 heteroatoms. The van der Waals surface area contributed by atoms with Gasteiger partial charge in [0.2, 0.25) is 0 Å². The molecule has 2 rings (SSSR count). The molecule has 0 aromatic carbocycles. The van der Waals surface area contributed by atoms with Crippen LogP contribution in [0.5, 0.6) is 0 Å². The van der Waals surface area contributed by atoms with Crippen LogP contribution >= 0.6 is 11.3 Å². The molecule has 1 aromatic rings. The van der Waals surface area contributed by atoms with Crippen molar-refractivity contribution in [1.29, 1.82) is 0 Å². The van der Waals surface area contributed by atoms with Crippen LogP contribution in [0.15, 0.2) is 12.1 Å². The van der Waals surface area contributed by atoms with E-state index in [-0.39, 0.29) is 9.92 Å². The van der Waals surface area contributed by atoms with Crippen LogP contribution in [0.25, 0.3) is 0 Å². The van der Waals surface area contributed by atoms with E-state index in [1.165, 1.54) is 30.6 Å². The fraction of sp³-hybridized carbons (Fsp3) is 0.667. The third-order valence-electron chi connectivity index (χ3n) is 3.44. The van der Waals surface area contributed by atoms with Crippen molar-refractivity contribution in [2.24, 2.45) is 5.73 Å². The topological polar surface area (TPSA) is 72.4 Å². The summed E-state index contributed by atoms with van der Waals surface area (Å²) in [5.74, 6) is 0. The molecule has 0 aliphatic carbocycles. The molecular formula is C12H19N3O2S. The number of nitrogens with zero attached hydrogens (tertiary/aromatic N) is 2. The molecular weight excluding hydrogens is 250 g/mol. The molecule has 1 aliphatic heterocycles. The van der Waals surface area contributed by atoms with Gasteiger partial charge in [-0.05, 0) is 38.4 Å². The zero-order valence-electron chi connectivity index (χ0n) is 10.4. The maximum absolute atomic E-state index is 10.7. The highest BCUT2D eigenvalue weighted by Crippen LogP contribution is 2.28. The van der Waals surface area contributed by atoms with Crippen LogP contribution in [0.1, 0.15) is 30.6 Å². The van der Waals surface area contributed by atoms with Crippen LogP contribution in [0.4, 0.5) is 5.00 Å². The van der Waals surface area contributed by atoms with Gasteiger partial charge in [-0.3, -0.25) is 15.0 Å². The van der Waals surface area contributed by atoms with E-state index < -0.39 is 0 Å². The highest BCUT2D eigenvalue weighted by molar-refractivity contribution is 7.15. The van der Waals surface area contributed by atoms with Crippen LogP contribution in [0, 0.1) is 10.1 Å². The van der Waals surface area contributed by atoms with E-state index in [9.17, 15) is 10.1 Å². The monoisotopic (exact) mass is 269 g/mol. The first kappa shape index (κ1) is 13.5. The van der Waals surface area contributed by atoms with Gasteiger partial charge in [0.1, 0.15) is 0 Å². The summed E-state index contributed by atoms with van der Waals surface area (Å²) < 4.78 is 0. The standard InChI is InChI=1S/C12H19N3O2S/c13-7-6-10-3-1-2-8-14(10)9-11-4-5-12(18-11)15(16)17/h4-5,10H,1-3,6-9,13H2. The third kappa shape index (κ3) is 3.28. The van der Waals surface area contributed by atoms with Crippen molar-refractivity contribution in [3.63, 3.8) is 0 Å². The molecule has 0 spiro atoms. The maximum atomic E-state index is 10.7. The summed E-state index contributed by atoms with van der Waals surface area (Å²) in [4.78, 5) is 13.8. The Balaban J connectivity index is 1.99. The highest BCUT2D eigenvalue weighted by Gasteiger charge is 2.22. The van der Waals surface area contributed by atoms with Gasteiger partial charge < -0.3 is 5.73 Å². The van der Waals surface area contributed by atoms with Gasteiger partial charge in [-0.25, -0.2) is 0 Å². The Morgan fingerprint density at radius 2 is 2.33 bits per heavy atom. The molecule has 1 unspecified atom stereocenters. The first-order valence-electron chi connectivity index (χ1n) is 6.38. The maximum Gasteiger partial charge on any atom is 0.324 e. The minimum absolute atomic E-state index is 0.234. The Kier molecular flexibility index (Phi) is 4.68. The lowest BCUT2D eigenvalue weighted by molar-refractivity contribution is -0.380. The van der Waals surface area contributed by atoms with Crippen molar-refractivity contribution in [2.75, 3.05) is 13.1 Å². The predicted octanol–water partition coefficient (Wildman–Crippen LogP) is 2.36. The van der Waals surface area contributed by atoms with Crippen LogP contribution < -0.4 is 5.73 Å². The lowest BCUT2D eigenvalue weighted by Gasteiger charge is -2.35. The molecule has 18 heavy (non-hydrogen) atoms. The van der Waals surface area contributed by atoms with Crippen LogP contribution in [-0.2, 0) is 6.54 Å². The van der Waals surface area contributed by atoms with Crippen LogP contribution in [0.2, 0.25) is 0 Å². The summed E-state index contributed by atoms with van der Waals surface area (Å²) in [6.45, 7) is 2.62. The molecule has 2 N–H and O–H groups in total. The molecule has 0 bridgehead atoms. The fourth-order valence-electron chi connectivity index (χ4n) is 2.54. The molecule has 1 aliphatic rings. The van der Waals surface area contributed by atoms with Crippen molar-refractivity contribution < 1.29 is 4.92 Å². The quantitative estimate of drug-likeness (QED) is 0.658. The zero-order valence-corrected chi connectivity index (χ0v) is 11.2. The van der Waals surface area contributed by atoms with Gasteiger partial charge in [-0.2, -0.15) is 0 Å². The number of hydrogen-bond donors (Lipinski definition) is 1. The van der Waals surface area contributed by atoms with E-state index in [2.05, 4.69) is 4.90 Å². The second-order valence-corrected chi connectivity index (χ2v) is 5.84. The lowest BCUT2D eigenvalue weighted by atomic mass is 9.99. The molecule has 1 fully saturated rings. The SMILES string of the molecule is NCCC1CCCCN1Cc1ccc([N+](=O)[O-])s1. The molecule has 0 amide bonds. The van der Waals surface area contributed by atoms with E-state index in [4.69, 9.17) is 5.73 Å². The van der Waals surface area contributed by atoms with E-state index >= 15 is 0 Å². The number of hydrogen-bond acceptors (Lipinski definition) is 5. The number of thiophene rings is 1. The van der Waals surface area contributed by atoms with Crippen molar-refractivity contribution in [3.8, 4) is 0 Å². The van der Waals surface area contributed by atoms with Crippen LogP contribution in [-0.4, -0.2) is 29.0 Å². The minimum atomic E-state index is -0.318. The number of nitro groups is 1. The van der Waals surface area contributed by atoms with Gasteiger partial charge >= 0.3 is 5.00 Å². The largest absolute Gasteiger partial charge is 0.330 e. The Morgan fingerprint density at radius 3 is 3.00 bits per heavy atom. The first-order valence-corrected chi connectivity index (χ1v) is 7.19. The van der Waals surface area contributed by atoms with Crippen molar-refractivity contribution >= 4 is 16.3 Å². The normalized spacial score (nSPS) is 21.1. The van der Waals surface area contributed by atoms with Gasteiger partial charge in [0, 0.05) is 23.5 Å². The first-order chi connectivity index (χ1) is 8.70. The molecule has 100 valence electrons. The van der Waals surface area contributed by atoms with E-state index in [0.29, 0.717) is 12.6 Å². The third-order valence-corrected chi connectivity index (χ3v) is 4.46. The number of rotatable bonds is 5. The Hall–Kier alpha value is -0.980. The van der Waals surface area contributed by atoms with Gasteiger partial charge in [-0.1, -0.05) is 17.8 Å². The zero-order chi connectivity index (χ0) is 13.0. The molecule has 0 saturated carbocycles. The molecule has 1 aromatic heterocycles. The summed E-state index contributed by atoms with van der Waals surface area (Å²) in [6, 6.07) is 4.02. The van der Waals surface area contributed by atoms with Crippen molar-refractivity contribution in [2.45, 2.75) is 38.3 Å². The number of likely N-dealkylation sites (tertiary alicyclic amines) is 1. The second kappa shape index (κ2) is 6.26. The summed E-state index contributed by atoms with van der Waals surface area (Å²) in [6.07, 6.45) is 4.71. The van der Waals surface area contributed by atoms with Crippen LogP contribution in [0.3, 0.4) is 0 Å². The minimum Gasteiger partial charge on any atom is -0.330 e. The molecule has 0 radical (unpaired) electrons. The van der Waals surface area contributed by atoms with E-state index in [1.807, 2.05) is 6.07 Å². The van der Waals surface area contributed by atoms with E-state index in [0.717, 1.165) is 24.4 Å². The smallest absolute Gasteiger partial charge is 0.324 e. The summed E-state index contributed by atoms with van der Waals surface area (Å²) in [5.41, 5.74) is 5.65. The number of piperidine rings is 1. The summed E-state index contributed by atoms with van der Waals surface area (Å²) >= 11 is 1.28. The molecule has 1 atom stereocenters. The highest BCUT2D eigenvalue weighted by atomic mass is 32.1. The Labute approximate surface area is 111 Å². The fourth-order valence-corrected chi connectivity index (χ4v) is 3.38. The lowest BCUT2D eigenvalue weighted by Crippen LogP contribution is -2.39. The molecule has 5 nitrogen and oxygen atoms in total. The van der Waals surface area contributed by atoms with Gasteiger partial charge in [-0.15, -0.1) is 0 Å². The summed E-state index contributed by atoms with van der Waals surface area (Å²) in [7, 11) is 0. The van der Waals surface area contributed by atoms with Gasteiger partial charge in [0.05, 0.1) is 4.92 Å². The predicted molar refractivity (Wildman–Crippen MR) is 72.7 cm³/mol. The number of nitrogens with two attached hydrogens (primary N) is 1. The Morgan fingerprint density at radius 1 is 1.50 bits per heavy atom. The van der Waals surface area contributed by atoms with E-state index in [1.54, 1.807) is 6.07 Å². The Bertz CT molecular complexity index is 406. The van der Waals surface area contributed by atoms with Gasteiger partial charge in [0.15, 0.2) is 0 Å².